The first-order valence-corrected chi connectivity index (χ1v) is 48.0. The summed E-state index contributed by atoms with van der Waals surface area (Å²) in [6.07, 6.45) is 16.7. The quantitative estimate of drug-likeness (QED) is 0.0397. The molecular formula is C128H106Ir2N6S-4. The molecule has 17 aromatic carbocycles. The van der Waals surface area contributed by atoms with Gasteiger partial charge < -0.3 is 4.98 Å². The van der Waals surface area contributed by atoms with E-state index in [4.69, 9.17) is 24.9 Å². The van der Waals surface area contributed by atoms with Gasteiger partial charge in [0.15, 0.2) is 0 Å². The first kappa shape index (κ1) is 95.9. The molecule has 21 rings (SSSR count). The predicted octanol–water partition coefficient (Wildman–Crippen LogP) is 33.8. The van der Waals surface area contributed by atoms with Crippen LogP contribution in [0.4, 0.5) is 0 Å². The van der Waals surface area contributed by atoms with Crippen LogP contribution in [0.25, 0.3) is 166 Å². The minimum absolute atomic E-state index is 0. The number of hydrogen-bond acceptors (Lipinski definition) is 7. The Labute approximate surface area is 838 Å². The van der Waals surface area contributed by atoms with Gasteiger partial charge in [-0.3, -0.25) is 24.9 Å². The molecule has 2 radical (unpaired) electrons. The number of aromatic nitrogens is 6. The predicted molar refractivity (Wildman–Crippen MR) is 567 cm³/mol. The van der Waals surface area contributed by atoms with Crippen LogP contribution in [-0.2, 0) is 65.9 Å². The average Bonchev–Trinajstić information content (AvgIpc) is 1.04. The molecule has 0 aliphatic carbocycles. The van der Waals surface area contributed by atoms with Crippen molar-refractivity contribution in [1.82, 2.24) is 29.9 Å². The molecule has 0 aliphatic rings. The van der Waals surface area contributed by atoms with Crippen molar-refractivity contribution in [3.8, 4) is 134 Å². The molecular weight excluding hydrogens is 2040 g/mol. The summed E-state index contributed by atoms with van der Waals surface area (Å²) in [5.41, 5.74) is 36.8. The molecule has 4 aromatic heterocycles. The van der Waals surface area contributed by atoms with E-state index >= 15 is 0 Å². The Bertz CT molecular complexity index is 7190. The summed E-state index contributed by atoms with van der Waals surface area (Å²) in [7, 11) is 0. The maximum Gasteiger partial charge on any atom is 0.0763 e. The molecule has 9 heteroatoms. The first-order chi connectivity index (χ1) is 66.6. The number of unbranched alkanes of at least 4 members (excludes halogenated alkanes) is 6. The van der Waals surface area contributed by atoms with E-state index in [1.54, 1.807) is 11.3 Å². The third-order valence-corrected chi connectivity index (χ3v) is 26.0. The van der Waals surface area contributed by atoms with Gasteiger partial charge in [-0.15, -0.1) is 142 Å². The van der Waals surface area contributed by atoms with Crippen LogP contribution in [0, 0.1) is 52.0 Å². The molecule has 0 saturated carbocycles. The van der Waals surface area contributed by atoms with Gasteiger partial charge in [0.1, 0.15) is 0 Å². The molecule has 0 bridgehead atoms. The summed E-state index contributed by atoms with van der Waals surface area (Å²) in [6.45, 7) is 8.61. The van der Waals surface area contributed by atoms with Gasteiger partial charge in [0.05, 0.1) is 39.6 Å². The molecule has 0 unspecified atom stereocenters. The fourth-order valence-corrected chi connectivity index (χ4v) is 18.8. The van der Waals surface area contributed by atoms with E-state index < -0.39 is 0 Å². The van der Waals surface area contributed by atoms with E-state index in [0.717, 1.165) is 129 Å². The first-order valence-electron chi connectivity index (χ1n) is 47.2. The van der Waals surface area contributed by atoms with E-state index in [1.807, 2.05) is 79.0 Å². The van der Waals surface area contributed by atoms with Crippen molar-refractivity contribution >= 4 is 43.4 Å². The van der Waals surface area contributed by atoms with Crippen molar-refractivity contribution in [2.24, 2.45) is 0 Å². The Morgan fingerprint density at radius 2 is 0.555 bits per heavy atom. The Hall–Kier alpha value is -14.2. The van der Waals surface area contributed by atoms with Crippen molar-refractivity contribution in [3.05, 3.63) is 494 Å². The summed E-state index contributed by atoms with van der Waals surface area (Å²) in [5, 5.41) is 3.14. The number of thiazole rings is 1. The molecule has 6 nitrogen and oxygen atoms in total. The number of rotatable bonds is 26. The van der Waals surface area contributed by atoms with Gasteiger partial charge in [-0.05, 0) is 216 Å². The number of nitrogens with zero attached hydrogens (tertiary/aromatic N) is 6. The topological polar surface area (TPSA) is 77.3 Å². The summed E-state index contributed by atoms with van der Waals surface area (Å²) in [5.74, 6) is 1.37. The van der Waals surface area contributed by atoms with E-state index in [0.29, 0.717) is 11.6 Å². The van der Waals surface area contributed by atoms with E-state index in [2.05, 4.69) is 403 Å². The third-order valence-electron chi connectivity index (χ3n) is 25.0. The minimum Gasteiger partial charge on any atom is -0.305 e. The largest absolute Gasteiger partial charge is 0.305 e. The summed E-state index contributed by atoms with van der Waals surface area (Å²) >= 11 is 1.73. The second-order valence-corrected chi connectivity index (χ2v) is 35.7. The zero-order valence-electron chi connectivity index (χ0n) is 77.7. The molecule has 0 atom stereocenters. The Morgan fingerprint density at radius 1 is 0.234 bits per heavy atom. The smallest absolute Gasteiger partial charge is 0.0763 e. The number of pyridine rings is 1. The van der Waals surface area contributed by atoms with Crippen molar-refractivity contribution in [3.63, 3.8) is 0 Å². The fourth-order valence-electron chi connectivity index (χ4n) is 17.9. The van der Waals surface area contributed by atoms with Gasteiger partial charge in [-0.1, -0.05) is 329 Å². The third kappa shape index (κ3) is 24.9. The molecule has 0 N–H and O–H groups in total. The van der Waals surface area contributed by atoms with Crippen LogP contribution in [0.15, 0.2) is 425 Å². The maximum atomic E-state index is 5.19. The van der Waals surface area contributed by atoms with Gasteiger partial charge in [0.2, 0.25) is 0 Å². The second kappa shape index (κ2) is 47.8. The van der Waals surface area contributed by atoms with Gasteiger partial charge in [-0.25, -0.2) is 0 Å². The van der Waals surface area contributed by atoms with Gasteiger partial charge in [0.25, 0.3) is 0 Å². The van der Waals surface area contributed by atoms with Gasteiger partial charge >= 0.3 is 0 Å². The Kier molecular flexibility index (Phi) is 33.5. The minimum atomic E-state index is 0. The maximum absolute atomic E-state index is 5.19. The molecule has 0 saturated heterocycles. The number of fused-ring (bicyclic) bond motifs is 3. The van der Waals surface area contributed by atoms with Crippen molar-refractivity contribution in [2.75, 3.05) is 0 Å². The van der Waals surface area contributed by atoms with Crippen LogP contribution >= 0.6 is 11.3 Å². The molecule has 21 aromatic rings. The summed E-state index contributed by atoms with van der Waals surface area (Å²) in [4.78, 5) is 29.7. The van der Waals surface area contributed by atoms with Crippen LogP contribution in [-0.4, -0.2) is 29.9 Å². The molecule has 0 amide bonds. The molecule has 0 fully saturated rings. The zero-order chi connectivity index (χ0) is 91.7. The zero-order valence-corrected chi connectivity index (χ0v) is 83.3. The fraction of sp³-hybridized carbons (Fsp3) is 0.125. The number of aryl methyl sites for hydroxylation is 8. The number of hydrogen-bond donors (Lipinski definition) is 0. The Morgan fingerprint density at radius 3 is 0.964 bits per heavy atom. The molecule has 0 spiro atoms. The molecule has 0 aliphatic heterocycles. The van der Waals surface area contributed by atoms with Crippen molar-refractivity contribution in [2.45, 2.75) is 105 Å². The van der Waals surface area contributed by atoms with Gasteiger partial charge in [0, 0.05) is 78.0 Å². The van der Waals surface area contributed by atoms with E-state index in [9.17, 15) is 0 Å². The standard InChI is InChI=1S/2C34H25N2.C31H28NS.C29H28N.2Ir/c2*1-23-11-9-12-24(2)32(23)33-30-22-28(26-15-7-4-8-16-26)19-20-31(30)35-34(36-33)29-18-10-17-27(21-29)25-13-5-3-6-14-25;1(4-12-24-13-6-3-7-14-24)2-5-15-25-16-10-17-26(22-25)27-18-11-19-28(23-27)31-32-29-20-8-9-21-30(29)33-31;1(4-12-24-13-6-3-7-14-24)2-5-15-25-16-10-17-26(22-25)27-18-11-19-28(23-27)29-20-8-9-21-30-29;;/h2*3-17,19-22H,1-2H3;3,6-11,13-14,16-18,20-23H,1-2,4-5,12,15H2;3,6-11,13-14,16-18,20-23H,1-2,4-5,12,15H2;;/q4*-1;;. The number of benzene rings is 17. The molecule has 4 heterocycles. The van der Waals surface area contributed by atoms with Crippen molar-refractivity contribution in [1.29, 1.82) is 0 Å². The molecule has 137 heavy (non-hydrogen) atoms. The normalized spacial score (nSPS) is 10.9. The van der Waals surface area contributed by atoms with Gasteiger partial charge in [-0.2, -0.15) is 11.3 Å². The summed E-state index contributed by atoms with van der Waals surface area (Å²) < 4.78 is 1.22. The second-order valence-electron chi connectivity index (χ2n) is 34.6. The van der Waals surface area contributed by atoms with Crippen LogP contribution < -0.4 is 0 Å². The summed E-state index contributed by atoms with van der Waals surface area (Å²) in [6, 6.07) is 160. The van der Waals surface area contributed by atoms with Crippen LogP contribution in [0.2, 0.25) is 0 Å². The van der Waals surface area contributed by atoms with Crippen LogP contribution in [0.3, 0.4) is 0 Å². The SMILES string of the molecule is Cc1cccc(C)c1-c1nc(-c2[c-]ccc(-c3ccccc3)c2)nc2ccc(-c3ccccc3)cc12.Cc1cccc(C)c1-c1nc(-c2[c-]ccc(-c3ccccc3)c2)nc2ccc(-c3ccccc3)cc12.[Ir].[Ir].[c-]1ccc(-c2cccc(CCCCCCc3ccccc3)c2)cc1-c1ccccn1.[c-]1ccc(-c2cccc(CCCCCCc3ccccc3)c2)cc1-c1nc2ccccc2s1. The molecule has 676 valence electrons. The Balaban J connectivity index is 0.000000132. The average molecular weight is 2140 g/mol. The van der Waals surface area contributed by atoms with E-state index in [-0.39, 0.29) is 40.2 Å². The van der Waals surface area contributed by atoms with Crippen LogP contribution in [0.5, 0.6) is 0 Å². The van der Waals surface area contributed by atoms with Crippen LogP contribution in [0.1, 0.15) is 95.9 Å². The van der Waals surface area contributed by atoms with Crippen molar-refractivity contribution < 1.29 is 40.2 Å². The number of para-hydroxylation sites is 1. The van der Waals surface area contributed by atoms with E-state index in [1.165, 1.54) is 147 Å². The monoisotopic (exact) mass is 2140 g/mol.